The zero-order valence-electron chi connectivity index (χ0n) is 10.4. The lowest BCUT2D eigenvalue weighted by atomic mass is 10.1. The molecule has 0 fully saturated rings. The Morgan fingerprint density at radius 3 is 2.63 bits per heavy atom. The Bertz CT molecular complexity index is 605. The van der Waals surface area contributed by atoms with E-state index < -0.39 is 4.92 Å². The first-order chi connectivity index (χ1) is 9.08. The molecule has 1 aromatic heterocycles. The Hall–Kier alpha value is -2.50. The van der Waals surface area contributed by atoms with Gasteiger partial charge in [-0.3, -0.25) is 4.79 Å². The molecule has 0 unspecified atom stereocenters. The number of nitro groups is 1. The first-order valence-electron chi connectivity index (χ1n) is 5.85. The molecule has 0 aliphatic heterocycles. The highest BCUT2D eigenvalue weighted by Gasteiger charge is 2.16. The number of hydrogen-bond donors (Lipinski definition) is 0. The van der Waals surface area contributed by atoms with Crippen LogP contribution >= 0.6 is 0 Å². The van der Waals surface area contributed by atoms with Gasteiger partial charge in [0.1, 0.15) is 0 Å². The van der Waals surface area contributed by atoms with E-state index in [4.69, 9.17) is 0 Å². The Balaban J connectivity index is 2.03. The van der Waals surface area contributed by atoms with Gasteiger partial charge in [0.2, 0.25) is 0 Å². The van der Waals surface area contributed by atoms with Gasteiger partial charge in [-0.1, -0.05) is 30.3 Å². The van der Waals surface area contributed by atoms with E-state index in [2.05, 4.69) is 5.10 Å². The minimum atomic E-state index is -0.539. The molecule has 0 N–H and O–H groups in total. The minimum Gasteiger partial charge on any atom is -0.358 e. The van der Waals surface area contributed by atoms with Crippen LogP contribution in [0.3, 0.4) is 0 Å². The third kappa shape index (κ3) is 3.04. The van der Waals surface area contributed by atoms with E-state index in [0.29, 0.717) is 17.8 Å². The molecule has 0 radical (unpaired) electrons. The third-order valence-corrected chi connectivity index (χ3v) is 2.80. The topological polar surface area (TPSA) is 78.0 Å². The molecule has 2 rings (SSSR count). The quantitative estimate of drug-likeness (QED) is 0.469. The molecule has 0 spiro atoms. The van der Waals surface area contributed by atoms with Crippen molar-refractivity contribution in [1.29, 1.82) is 0 Å². The van der Waals surface area contributed by atoms with Gasteiger partial charge in [0.25, 0.3) is 0 Å². The van der Waals surface area contributed by atoms with Crippen molar-refractivity contribution >= 4 is 11.6 Å². The molecule has 1 heterocycles. The van der Waals surface area contributed by atoms with Crippen molar-refractivity contribution in [3.63, 3.8) is 0 Å². The van der Waals surface area contributed by atoms with Gasteiger partial charge in [0, 0.05) is 12.0 Å². The Morgan fingerprint density at radius 1 is 1.37 bits per heavy atom. The highest BCUT2D eigenvalue weighted by molar-refractivity contribution is 5.95. The molecule has 19 heavy (non-hydrogen) atoms. The smallest absolute Gasteiger partial charge is 0.358 e. The van der Waals surface area contributed by atoms with Gasteiger partial charge in [0.15, 0.2) is 5.78 Å². The highest BCUT2D eigenvalue weighted by atomic mass is 16.6. The predicted octanol–water partition coefficient (Wildman–Crippen LogP) is 2.37. The summed E-state index contributed by atoms with van der Waals surface area (Å²) < 4.78 is 1.49. The van der Waals surface area contributed by atoms with Crippen molar-refractivity contribution in [3.05, 3.63) is 57.8 Å². The largest absolute Gasteiger partial charge is 0.390 e. The molecular formula is C13H13N3O3. The average Bonchev–Trinajstić information content (AvgIpc) is 2.79. The molecule has 6 heteroatoms. The lowest BCUT2D eigenvalue weighted by molar-refractivity contribution is -0.389. The number of nitrogens with zero attached hydrogens (tertiary/aromatic N) is 3. The standard InChI is InChI=1S/C13H13N3O3/c1-10-9-13(16(18)19)14-15(10)8-7-12(17)11-5-3-2-4-6-11/h2-6,9H,7-8H2,1H3. The molecule has 6 nitrogen and oxygen atoms in total. The van der Waals surface area contributed by atoms with Gasteiger partial charge in [-0.15, -0.1) is 0 Å². The summed E-state index contributed by atoms with van der Waals surface area (Å²) in [5, 5.41) is 14.4. The van der Waals surface area contributed by atoms with Crippen LogP contribution < -0.4 is 0 Å². The monoisotopic (exact) mass is 259 g/mol. The van der Waals surface area contributed by atoms with Crippen LogP contribution in [0.4, 0.5) is 5.82 Å². The van der Waals surface area contributed by atoms with Gasteiger partial charge < -0.3 is 10.1 Å². The number of benzene rings is 1. The van der Waals surface area contributed by atoms with E-state index >= 15 is 0 Å². The van der Waals surface area contributed by atoms with E-state index in [9.17, 15) is 14.9 Å². The molecule has 0 saturated carbocycles. The molecule has 0 atom stereocenters. The van der Waals surface area contributed by atoms with Crippen LogP contribution in [0.15, 0.2) is 36.4 Å². The van der Waals surface area contributed by atoms with Gasteiger partial charge in [0.05, 0.1) is 23.4 Å². The van der Waals surface area contributed by atoms with Crippen LogP contribution in [-0.2, 0) is 6.54 Å². The Morgan fingerprint density at radius 2 is 2.05 bits per heavy atom. The summed E-state index contributed by atoms with van der Waals surface area (Å²) in [6, 6.07) is 10.3. The van der Waals surface area contributed by atoms with Crippen molar-refractivity contribution < 1.29 is 9.72 Å². The zero-order valence-corrected chi connectivity index (χ0v) is 10.4. The number of carbonyl (C=O) groups is 1. The molecule has 98 valence electrons. The highest BCUT2D eigenvalue weighted by Crippen LogP contribution is 2.12. The van der Waals surface area contributed by atoms with Crippen LogP contribution in [0.1, 0.15) is 22.5 Å². The van der Waals surface area contributed by atoms with Crippen LogP contribution in [0.25, 0.3) is 0 Å². The van der Waals surface area contributed by atoms with Crippen LogP contribution in [-0.4, -0.2) is 20.5 Å². The summed E-state index contributed by atoms with van der Waals surface area (Å²) in [6.45, 7) is 2.07. The summed E-state index contributed by atoms with van der Waals surface area (Å²) in [4.78, 5) is 21.9. The number of Topliss-reactive ketones (excluding diaryl/α,β-unsaturated/α-hetero) is 1. The minimum absolute atomic E-state index is 0.00171. The van der Waals surface area contributed by atoms with Crippen LogP contribution in [0.5, 0.6) is 0 Å². The van der Waals surface area contributed by atoms with E-state index in [0.717, 1.165) is 0 Å². The van der Waals surface area contributed by atoms with Crippen LogP contribution in [0, 0.1) is 17.0 Å². The van der Waals surface area contributed by atoms with E-state index in [-0.39, 0.29) is 18.0 Å². The molecule has 0 saturated heterocycles. The fourth-order valence-corrected chi connectivity index (χ4v) is 1.78. The van der Waals surface area contributed by atoms with Crippen molar-refractivity contribution in [2.45, 2.75) is 19.9 Å². The molecule has 0 bridgehead atoms. The maximum atomic E-state index is 11.9. The average molecular weight is 259 g/mol. The van der Waals surface area contributed by atoms with Crippen molar-refractivity contribution in [2.75, 3.05) is 0 Å². The summed E-state index contributed by atoms with van der Waals surface area (Å²) in [7, 11) is 0. The summed E-state index contributed by atoms with van der Waals surface area (Å²) in [5.41, 5.74) is 1.31. The first kappa shape index (κ1) is 12.9. The molecule has 1 aromatic carbocycles. The maximum absolute atomic E-state index is 11.9. The zero-order chi connectivity index (χ0) is 13.8. The lowest BCUT2D eigenvalue weighted by Gasteiger charge is -2.00. The van der Waals surface area contributed by atoms with Gasteiger partial charge in [-0.05, 0) is 11.8 Å². The normalized spacial score (nSPS) is 10.4. The van der Waals surface area contributed by atoms with Gasteiger partial charge in [-0.25, -0.2) is 0 Å². The van der Waals surface area contributed by atoms with Gasteiger partial charge in [-0.2, -0.15) is 4.68 Å². The first-order valence-corrected chi connectivity index (χ1v) is 5.85. The summed E-state index contributed by atoms with van der Waals surface area (Å²) in [5.74, 6) is -0.192. The summed E-state index contributed by atoms with van der Waals surface area (Å²) >= 11 is 0. The maximum Gasteiger partial charge on any atom is 0.390 e. The molecule has 0 aliphatic rings. The second-order valence-electron chi connectivity index (χ2n) is 4.16. The molecule has 0 amide bonds. The van der Waals surface area contributed by atoms with E-state index in [1.807, 2.05) is 6.07 Å². The Labute approximate surface area is 109 Å². The van der Waals surface area contributed by atoms with Crippen molar-refractivity contribution in [1.82, 2.24) is 9.78 Å². The second-order valence-corrected chi connectivity index (χ2v) is 4.16. The lowest BCUT2D eigenvalue weighted by Crippen LogP contribution is -2.08. The molecule has 0 aliphatic carbocycles. The summed E-state index contributed by atoms with van der Waals surface area (Å²) in [6.07, 6.45) is 0.268. The molecule has 2 aromatic rings. The van der Waals surface area contributed by atoms with Crippen molar-refractivity contribution in [3.8, 4) is 0 Å². The fourth-order valence-electron chi connectivity index (χ4n) is 1.78. The number of ketones is 1. The number of aryl methyl sites for hydroxylation is 2. The second kappa shape index (κ2) is 5.43. The van der Waals surface area contributed by atoms with Gasteiger partial charge >= 0.3 is 5.82 Å². The third-order valence-electron chi connectivity index (χ3n) is 2.80. The number of carbonyl (C=O) groups excluding carboxylic acids is 1. The SMILES string of the molecule is Cc1cc([N+](=O)[O-])nn1CCC(=O)c1ccccc1. The van der Waals surface area contributed by atoms with Crippen molar-refractivity contribution in [2.24, 2.45) is 0 Å². The molecular weight excluding hydrogens is 246 g/mol. The fraction of sp³-hybridized carbons (Fsp3) is 0.231. The van der Waals surface area contributed by atoms with E-state index in [1.54, 1.807) is 31.2 Å². The van der Waals surface area contributed by atoms with E-state index in [1.165, 1.54) is 10.7 Å². The Kier molecular flexibility index (Phi) is 3.70. The number of hydrogen-bond acceptors (Lipinski definition) is 4. The predicted molar refractivity (Wildman–Crippen MR) is 69.0 cm³/mol. The van der Waals surface area contributed by atoms with Crippen LogP contribution in [0.2, 0.25) is 0 Å². The number of rotatable bonds is 5. The number of aromatic nitrogens is 2.